The molecular weight excluding hydrogens is 328 g/mol. The van der Waals surface area contributed by atoms with Crippen molar-refractivity contribution in [1.29, 1.82) is 0 Å². The number of nitrogens with one attached hydrogen (secondary N) is 2. The Kier molecular flexibility index (Phi) is 6.42. The summed E-state index contributed by atoms with van der Waals surface area (Å²) in [7, 11) is 0.380. The lowest BCUT2D eigenvalue weighted by molar-refractivity contribution is 0.0952. The van der Waals surface area contributed by atoms with Crippen LogP contribution in [0.1, 0.15) is 48.4 Å². The molecule has 2 heterocycles. The third kappa shape index (κ3) is 4.37. The Labute approximate surface area is 144 Å². The van der Waals surface area contributed by atoms with E-state index in [1.165, 1.54) is 0 Å². The molecule has 136 valence electrons. The molecule has 1 aromatic rings. The van der Waals surface area contributed by atoms with Crippen LogP contribution < -0.4 is 10.0 Å². The largest absolute Gasteiger partial charge is 0.354 e. The van der Waals surface area contributed by atoms with Crippen LogP contribution in [0.4, 0.5) is 0 Å². The van der Waals surface area contributed by atoms with Gasteiger partial charge in [-0.05, 0) is 38.4 Å². The molecule has 1 amide bonds. The zero-order chi connectivity index (χ0) is 17.7. The van der Waals surface area contributed by atoms with Gasteiger partial charge in [-0.2, -0.15) is 0 Å². The number of aromatic nitrogens is 1. The first-order valence-corrected chi connectivity index (χ1v) is 10.1. The highest BCUT2D eigenvalue weighted by molar-refractivity contribution is 7.89. The zero-order valence-corrected chi connectivity index (χ0v) is 15.5. The number of nitrogens with zero attached hydrogens (tertiary/aromatic N) is 2. The second-order valence-corrected chi connectivity index (χ2v) is 8.22. The van der Waals surface area contributed by atoms with Crippen molar-refractivity contribution in [2.24, 2.45) is 7.05 Å². The third-order valence-electron chi connectivity index (χ3n) is 4.68. The summed E-state index contributed by atoms with van der Waals surface area (Å²) in [5, 5.41) is 2.66. The van der Waals surface area contributed by atoms with Gasteiger partial charge in [-0.15, -0.1) is 0 Å². The van der Waals surface area contributed by atoms with E-state index in [0.717, 1.165) is 31.5 Å². The summed E-state index contributed by atoms with van der Waals surface area (Å²) in [4.78, 5) is 14.2. The van der Waals surface area contributed by atoms with E-state index in [9.17, 15) is 13.2 Å². The minimum absolute atomic E-state index is 0.0955. The molecule has 0 aliphatic carbocycles. The van der Waals surface area contributed by atoms with E-state index in [-0.39, 0.29) is 17.7 Å². The summed E-state index contributed by atoms with van der Waals surface area (Å²) >= 11 is 0. The maximum absolute atomic E-state index is 11.9. The van der Waals surface area contributed by atoms with Gasteiger partial charge in [0.25, 0.3) is 5.91 Å². The highest BCUT2D eigenvalue weighted by atomic mass is 32.2. The molecule has 1 aliphatic rings. The van der Waals surface area contributed by atoms with Crippen LogP contribution in [0.5, 0.6) is 0 Å². The Morgan fingerprint density at radius 3 is 2.75 bits per heavy atom. The number of amides is 1. The zero-order valence-electron chi connectivity index (χ0n) is 14.7. The Balaban J connectivity index is 2.09. The van der Waals surface area contributed by atoms with E-state index < -0.39 is 10.0 Å². The normalized spacial score (nSPS) is 19.4. The molecule has 0 unspecified atom stereocenters. The Morgan fingerprint density at radius 2 is 2.08 bits per heavy atom. The van der Waals surface area contributed by atoms with Crippen LogP contribution in [0.2, 0.25) is 0 Å². The lowest BCUT2D eigenvalue weighted by Crippen LogP contribution is -2.40. The molecule has 24 heavy (non-hydrogen) atoms. The molecule has 8 heteroatoms. The number of piperidine rings is 1. The summed E-state index contributed by atoms with van der Waals surface area (Å²) in [6.07, 6.45) is 3.28. The van der Waals surface area contributed by atoms with Gasteiger partial charge in [0.2, 0.25) is 10.0 Å². The van der Waals surface area contributed by atoms with Crippen molar-refractivity contribution in [3.63, 3.8) is 0 Å². The summed E-state index contributed by atoms with van der Waals surface area (Å²) in [5.41, 5.74) is 1.75. The Bertz CT molecular complexity index is 669. The number of rotatable bonds is 7. The maximum Gasteiger partial charge on any atom is 0.267 e. The number of hydrogen-bond donors (Lipinski definition) is 2. The van der Waals surface area contributed by atoms with Gasteiger partial charge in [0, 0.05) is 32.9 Å². The van der Waals surface area contributed by atoms with E-state index in [4.69, 9.17) is 0 Å². The van der Waals surface area contributed by atoms with Gasteiger partial charge >= 0.3 is 0 Å². The molecule has 2 N–H and O–H groups in total. The monoisotopic (exact) mass is 356 g/mol. The molecule has 1 aliphatic heterocycles. The number of hydrogen-bond acceptors (Lipinski definition) is 4. The van der Waals surface area contributed by atoms with Crippen LogP contribution >= 0.6 is 0 Å². The van der Waals surface area contributed by atoms with Crippen LogP contribution in [0.15, 0.2) is 12.1 Å². The van der Waals surface area contributed by atoms with Crippen molar-refractivity contribution in [2.45, 2.75) is 32.2 Å². The number of carbonyl (C=O) groups is 1. The van der Waals surface area contributed by atoms with E-state index >= 15 is 0 Å². The summed E-state index contributed by atoms with van der Waals surface area (Å²) in [6.45, 7) is 3.67. The van der Waals surface area contributed by atoms with E-state index in [0.29, 0.717) is 18.8 Å². The van der Waals surface area contributed by atoms with Crippen molar-refractivity contribution in [2.75, 3.05) is 32.4 Å². The number of likely N-dealkylation sites (tertiary alicyclic amines) is 1. The molecule has 0 aromatic carbocycles. The van der Waals surface area contributed by atoms with Gasteiger partial charge in [-0.1, -0.05) is 6.42 Å². The molecule has 0 bridgehead atoms. The topological polar surface area (TPSA) is 83.4 Å². The van der Waals surface area contributed by atoms with Gasteiger partial charge in [0.15, 0.2) is 0 Å². The molecular formula is C16H28N4O3S. The second kappa shape index (κ2) is 8.13. The number of sulfonamides is 1. The summed E-state index contributed by atoms with van der Waals surface area (Å²) in [6, 6.07) is 4.07. The molecule has 1 atom stereocenters. The molecule has 2 rings (SSSR count). The first-order chi connectivity index (χ1) is 11.4. The minimum Gasteiger partial charge on any atom is -0.354 e. The molecule has 0 radical (unpaired) electrons. The molecule has 0 spiro atoms. The van der Waals surface area contributed by atoms with Gasteiger partial charge in [0.1, 0.15) is 5.69 Å². The van der Waals surface area contributed by atoms with Crippen LogP contribution in [0.25, 0.3) is 0 Å². The van der Waals surface area contributed by atoms with Crippen LogP contribution in [0, 0.1) is 0 Å². The van der Waals surface area contributed by atoms with Crippen LogP contribution in [-0.4, -0.2) is 56.2 Å². The van der Waals surface area contributed by atoms with Crippen LogP contribution in [0.3, 0.4) is 0 Å². The quantitative estimate of drug-likeness (QED) is 0.759. The predicted molar refractivity (Wildman–Crippen MR) is 94.4 cm³/mol. The van der Waals surface area contributed by atoms with Crippen molar-refractivity contribution in [3.05, 3.63) is 23.5 Å². The lowest BCUT2D eigenvalue weighted by Gasteiger charge is -2.36. The van der Waals surface area contributed by atoms with Gasteiger partial charge in [0.05, 0.1) is 11.8 Å². The average molecular weight is 356 g/mol. The third-order valence-corrected chi connectivity index (χ3v) is 6.08. The molecule has 0 saturated carbocycles. The van der Waals surface area contributed by atoms with Crippen molar-refractivity contribution in [3.8, 4) is 0 Å². The van der Waals surface area contributed by atoms with Gasteiger partial charge in [-0.25, -0.2) is 13.1 Å². The van der Waals surface area contributed by atoms with Crippen molar-refractivity contribution in [1.82, 2.24) is 19.5 Å². The summed E-state index contributed by atoms with van der Waals surface area (Å²) in [5.74, 6) is 0.00538. The fourth-order valence-electron chi connectivity index (χ4n) is 3.26. The molecule has 1 aromatic heterocycles. The molecule has 1 saturated heterocycles. The fraction of sp³-hybridized carbons (Fsp3) is 0.688. The molecule has 1 fully saturated rings. The SMILES string of the molecule is CCS(=O)(=O)NCCN1CCCC[C@H]1c1ccc(C(=O)NC)n1C. The molecule has 7 nitrogen and oxygen atoms in total. The smallest absolute Gasteiger partial charge is 0.267 e. The Morgan fingerprint density at radius 1 is 1.33 bits per heavy atom. The predicted octanol–water partition coefficient (Wildman–Crippen LogP) is 0.851. The highest BCUT2D eigenvalue weighted by Crippen LogP contribution is 2.31. The first-order valence-electron chi connectivity index (χ1n) is 8.48. The van der Waals surface area contributed by atoms with E-state index in [2.05, 4.69) is 14.9 Å². The fourth-order valence-corrected chi connectivity index (χ4v) is 3.86. The second-order valence-electron chi connectivity index (χ2n) is 6.13. The first kappa shape index (κ1) is 19.0. The van der Waals surface area contributed by atoms with Crippen molar-refractivity contribution < 1.29 is 13.2 Å². The maximum atomic E-state index is 11.9. The van der Waals surface area contributed by atoms with Gasteiger partial charge in [-0.3, -0.25) is 9.69 Å². The minimum atomic E-state index is -3.16. The Hall–Kier alpha value is -1.38. The van der Waals surface area contributed by atoms with Crippen molar-refractivity contribution >= 4 is 15.9 Å². The standard InChI is InChI=1S/C16H28N4O3S/c1-4-24(22,23)18-10-12-20-11-6-5-7-14(20)13-8-9-15(19(13)3)16(21)17-2/h8-9,14,18H,4-7,10-12H2,1-3H3,(H,17,21)/t14-/m0/s1. The lowest BCUT2D eigenvalue weighted by atomic mass is 9.99. The highest BCUT2D eigenvalue weighted by Gasteiger charge is 2.27. The van der Waals surface area contributed by atoms with Crippen LogP contribution in [-0.2, 0) is 17.1 Å². The van der Waals surface area contributed by atoms with Gasteiger partial charge < -0.3 is 9.88 Å². The number of carbonyl (C=O) groups excluding carboxylic acids is 1. The summed E-state index contributed by atoms with van der Waals surface area (Å²) < 4.78 is 27.7. The van der Waals surface area contributed by atoms with E-state index in [1.807, 2.05) is 23.7 Å². The van der Waals surface area contributed by atoms with E-state index in [1.54, 1.807) is 14.0 Å². The average Bonchev–Trinajstić information content (AvgIpc) is 2.96.